The number of allylic oxidation sites excluding steroid dienone is 1. The molecule has 0 saturated heterocycles. The number of ether oxygens (including phenoxy) is 1. The zero-order chi connectivity index (χ0) is 20.3. The van der Waals surface area contributed by atoms with Gasteiger partial charge in [0.05, 0.1) is 11.6 Å². The Morgan fingerprint density at radius 1 is 1.25 bits per heavy atom. The molecule has 5 nitrogen and oxygen atoms in total. The minimum absolute atomic E-state index is 0.0412. The minimum atomic E-state index is -3.00. The van der Waals surface area contributed by atoms with Gasteiger partial charge in [0.25, 0.3) is 5.91 Å². The number of anilines is 1. The molecule has 0 aromatic heterocycles. The van der Waals surface area contributed by atoms with Gasteiger partial charge in [-0.2, -0.15) is 8.78 Å². The van der Waals surface area contributed by atoms with Gasteiger partial charge in [-0.1, -0.05) is 35.9 Å². The van der Waals surface area contributed by atoms with Gasteiger partial charge in [0.15, 0.2) is 5.11 Å². The van der Waals surface area contributed by atoms with Crippen molar-refractivity contribution >= 4 is 40.5 Å². The van der Waals surface area contributed by atoms with Gasteiger partial charge in [-0.25, -0.2) is 0 Å². The number of thiocarbonyl (C=S) groups is 1. The topological polar surface area (TPSA) is 62.4 Å². The van der Waals surface area contributed by atoms with E-state index in [1.807, 2.05) is 0 Å². The average Bonchev–Trinajstić information content (AvgIpc) is 2.61. The zero-order valence-electron chi connectivity index (χ0n) is 14.6. The second kappa shape index (κ2) is 8.53. The van der Waals surface area contributed by atoms with Gasteiger partial charge in [0.1, 0.15) is 5.75 Å². The molecule has 3 N–H and O–H groups in total. The lowest BCUT2D eigenvalue weighted by atomic mass is 9.94. The first-order valence-electron chi connectivity index (χ1n) is 8.24. The van der Waals surface area contributed by atoms with Crippen LogP contribution >= 0.6 is 23.8 Å². The number of alkyl halides is 2. The first kappa shape index (κ1) is 20.0. The number of amides is 1. The average molecular weight is 424 g/mol. The molecule has 0 saturated carbocycles. The highest BCUT2D eigenvalue weighted by molar-refractivity contribution is 7.80. The van der Waals surface area contributed by atoms with Crippen LogP contribution in [0, 0.1) is 0 Å². The first-order chi connectivity index (χ1) is 13.3. The third-order valence-electron chi connectivity index (χ3n) is 4.04. The van der Waals surface area contributed by atoms with Crippen molar-refractivity contribution in [3.63, 3.8) is 0 Å². The van der Waals surface area contributed by atoms with Crippen LogP contribution in [0.1, 0.15) is 18.5 Å². The number of carbonyl (C=O) groups is 1. The Hall–Kier alpha value is -2.71. The molecule has 0 fully saturated rings. The Bertz CT molecular complexity index is 952. The lowest BCUT2D eigenvalue weighted by Gasteiger charge is -2.31. The molecule has 1 aliphatic rings. The maximum atomic E-state index is 13.0. The molecule has 3 rings (SSSR count). The maximum Gasteiger partial charge on any atom is 0.387 e. The number of carbonyl (C=O) groups excluding carboxylic acids is 1. The van der Waals surface area contributed by atoms with E-state index in [1.165, 1.54) is 6.07 Å². The first-order valence-corrected chi connectivity index (χ1v) is 9.02. The van der Waals surface area contributed by atoms with E-state index in [9.17, 15) is 13.6 Å². The molecule has 0 aliphatic carbocycles. The van der Waals surface area contributed by atoms with Crippen LogP contribution in [0.2, 0.25) is 5.02 Å². The monoisotopic (exact) mass is 423 g/mol. The number of hydrogen-bond donors (Lipinski definition) is 3. The van der Waals surface area contributed by atoms with Crippen LogP contribution < -0.4 is 20.7 Å². The molecule has 2 aromatic carbocycles. The molecule has 1 atom stereocenters. The predicted octanol–water partition coefficient (Wildman–Crippen LogP) is 4.37. The second-order valence-corrected chi connectivity index (χ2v) is 6.80. The van der Waals surface area contributed by atoms with Gasteiger partial charge in [-0.15, -0.1) is 0 Å². The fourth-order valence-electron chi connectivity index (χ4n) is 2.92. The van der Waals surface area contributed by atoms with Gasteiger partial charge in [0.2, 0.25) is 0 Å². The van der Waals surface area contributed by atoms with Crippen molar-refractivity contribution in [3.8, 4) is 5.75 Å². The van der Waals surface area contributed by atoms with Crippen molar-refractivity contribution in [2.45, 2.75) is 19.6 Å². The molecule has 2 aromatic rings. The van der Waals surface area contributed by atoms with E-state index in [-0.39, 0.29) is 10.9 Å². The Morgan fingerprint density at radius 3 is 2.71 bits per heavy atom. The van der Waals surface area contributed by atoms with Crippen LogP contribution in [0.3, 0.4) is 0 Å². The molecule has 1 aliphatic heterocycles. The maximum absolute atomic E-state index is 13.0. The van der Waals surface area contributed by atoms with Crippen LogP contribution in [0.5, 0.6) is 5.75 Å². The Balaban J connectivity index is 1.99. The highest BCUT2D eigenvalue weighted by Crippen LogP contribution is 2.34. The third kappa shape index (κ3) is 4.58. The molecule has 146 valence electrons. The molecule has 1 amide bonds. The summed E-state index contributed by atoms with van der Waals surface area (Å²) in [5.41, 5.74) is 1.66. The lowest BCUT2D eigenvalue weighted by Crippen LogP contribution is -2.45. The van der Waals surface area contributed by atoms with Crippen molar-refractivity contribution in [1.82, 2.24) is 10.6 Å². The van der Waals surface area contributed by atoms with E-state index in [4.69, 9.17) is 23.8 Å². The molecule has 0 radical (unpaired) electrons. The van der Waals surface area contributed by atoms with Crippen molar-refractivity contribution in [3.05, 3.63) is 70.4 Å². The summed E-state index contributed by atoms with van der Waals surface area (Å²) in [4.78, 5) is 13.0. The SMILES string of the molecule is CC1=C(C(=O)Nc2cccc(Cl)c2)C(c2ccccc2OC(F)F)NC(=S)N1. The van der Waals surface area contributed by atoms with Gasteiger partial charge >= 0.3 is 6.61 Å². The molecule has 0 spiro atoms. The summed E-state index contributed by atoms with van der Waals surface area (Å²) in [6, 6.07) is 12.2. The number of nitrogens with one attached hydrogen (secondary N) is 3. The predicted molar refractivity (Wildman–Crippen MR) is 107 cm³/mol. The molecular formula is C19H16ClF2N3O2S. The Morgan fingerprint density at radius 2 is 2.00 bits per heavy atom. The van der Waals surface area contributed by atoms with Crippen molar-refractivity contribution in [1.29, 1.82) is 0 Å². The quantitative estimate of drug-likeness (QED) is 0.623. The molecule has 28 heavy (non-hydrogen) atoms. The lowest BCUT2D eigenvalue weighted by molar-refractivity contribution is -0.113. The summed E-state index contributed by atoms with van der Waals surface area (Å²) < 4.78 is 30.3. The highest BCUT2D eigenvalue weighted by atomic mass is 35.5. The van der Waals surface area contributed by atoms with Crippen LogP contribution in [-0.2, 0) is 4.79 Å². The third-order valence-corrected chi connectivity index (χ3v) is 4.50. The molecule has 0 bridgehead atoms. The van der Waals surface area contributed by atoms with Crippen LogP contribution in [0.4, 0.5) is 14.5 Å². The fraction of sp³-hybridized carbons (Fsp3) is 0.158. The molecular weight excluding hydrogens is 408 g/mol. The van der Waals surface area contributed by atoms with Gasteiger partial charge < -0.3 is 20.7 Å². The molecule has 1 unspecified atom stereocenters. The van der Waals surface area contributed by atoms with Gasteiger partial charge in [-0.3, -0.25) is 4.79 Å². The molecule has 1 heterocycles. The van der Waals surface area contributed by atoms with Crippen molar-refractivity contribution in [2.75, 3.05) is 5.32 Å². The van der Waals surface area contributed by atoms with E-state index >= 15 is 0 Å². The summed E-state index contributed by atoms with van der Waals surface area (Å²) in [6.07, 6.45) is 0. The largest absolute Gasteiger partial charge is 0.434 e. The van der Waals surface area contributed by atoms with Crippen LogP contribution in [-0.4, -0.2) is 17.6 Å². The van der Waals surface area contributed by atoms with E-state index in [0.717, 1.165) is 0 Å². The summed E-state index contributed by atoms with van der Waals surface area (Å²) in [5, 5.41) is 9.35. The molecule has 9 heteroatoms. The standard InChI is InChI=1S/C19H16ClF2N3O2S/c1-10-15(17(26)24-12-6-4-5-11(20)9-12)16(25-19(28)23-10)13-7-2-3-8-14(13)27-18(21)22/h2-9,16,18H,1H3,(H,24,26)(H2,23,25,28). The Kier molecular flexibility index (Phi) is 6.11. The fourth-order valence-corrected chi connectivity index (χ4v) is 3.38. The highest BCUT2D eigenvalue weighted by Gasteiger charge is 2.32. The zero-order valence-corrected chi connectivity index (χ0v) is 16.2. The number of hydrogen-bond acceptors (Lipinski definition) is 3. The normalized spacial score (nSPS) is 16.5. The summed E-state index contributed by atoms with van der Waals surface area (Å²) >= 11 is 11.1. The second-order valence-electron chi connectivity index (χ2n) is 5.95. The summed E-state index contributed by atoms with van der Waals surface area (Å²) in [6.45, 7) is -1.31. The number of halogens is 3. The number of benzene rings is 2. The summed E-state index contributed by atoms with van der Waals surface area (Å²) in [5.74, 6) is -0.473. The van der Waals surface area contributed by atoms with E-state index in [2.05, 4.69) is 20.7 Å². The van der Waals surface area contributed by atoms with Crippen LogP contribution in [0.25, 0.3) is 0 Å². The number of para-hydroxylation sites is 1. The number of rotatable bonds is 5. The van der Waals surface area contributed by atoms with E-state index in [1.54, 1.807) is 49.4 Å². The van der Waals surface area contributed by atoms with Crippen molar-refractivity contribution in [2.24, 2.45) is 0 Å². The summed E-state index contributed by atoms with van der Waals surface area (Å²) in [7, 11) is 0. The Labute approximate surface area is 170 Å². The van der Waals surface area contributed by atoms with Gasteiger partial charge in [0, 0.05) is 22.0 Å². The smallest absolute Gasteiger partial charge is 0.387 e. The minimum Gasteiger partial charge on any atom is -0.434 e. The van der Waals surface area contributed by atoms with E-state index < -0.39 is 18.6 Å². The van der Waals surface area contributed by atoms with Crippen molar-refractivity contribution < 1.29 is 18.3 Å². The van der Waals surface area contributed by atoms with E-state index in [0.29, 0.717) is 27.5 Å². The van der Waals surface area contributed by atoms with Gasteiger partial charge in [-0.05, 0) is 43.4 Å². The van der Waals surface area contributed by atoms with Crippen LogP contribution in [0.15, 0.2) is 59.8 Å².